The van der Waals surface area contributed by atoms with Crippen LogP contribution >= 0.6 is 11.6 Å². The molecule has 2 aromatic carbocycles. The molecule has 10 heteroatoms. The predicted octanol–water partition coefficient (Wildman–Crippen LogP) is 5.04. The molecule has 2 aromatic rings. The first-order chi connectivity index (χ1) is 16.5. The summed E-state index contributed by atoms with van der Waals surface area (Å²) < 4.78 is 59.0. The van der Waals surface area contributed by atoms with E-state index in [2.05, 4.69) is 4.90 Å². The van der Waals surface area contributed by atoms with E-state index in [0.717, 1.165) is 56.2 Å². The fourth-order valence-electron chi connectivity index (χ4n) is 4.55. The zero-order valence-electron chi connectivity index (χ0n) is 19.7. The average Bonchev–Trinajstić information content (AvgIpc) is 3.61. The smallest absolute Gasteiger partial charge is 0.267 e. The van der Waals surface area contributed by atoms with Crippen LogP contribution in [-0.4, -0.2) is 45.2 Å². The van der Waals surface area contributed by atoms with Crippen LogP contribution in [0, 0.1) is 17.6 Å². The molecule has 2 aliphatic rings. The molecule has 1 aliphatic heterocycles. The van der Waals surface area contributed by atoms with E-state index < -0.39 is 21.7 Å². The van der Waals surface area contributed by atoms with E-state index in [1.807, 2.05) is 11.6 Å². The van der Waals surface area contributed by atoms with Crippen LogP contribution in [0.4, 0.5) is 8.78 Å². The third-order valence-corrected chi connectivity index (χ3v) is 7.45. The highest BCUT2D eigenvalue weighted by atomic mass is 35.5. The van der Waals surface area contributed by atoms with Crippen molar-refractivity contribution in [3.05, 3.63) is 63.7 Å². The highest BCUT2D eigenvalue weighted by molar-refractivity contribution is 7.89. The Morgan fingerprint density at radius 1 is 1.14 bits per heavy atom. The molecule has 1 atom stereocenters. The summed E-state index contributed by atoms with van der Waals surface area (Å²) in [4.78, 5) is 14.5. The van der Waals surface area contributed by atoms with Crippen LogP contribution in [0.1, 0.15) is 66.1 Å². The highest BCUT2D eigenvalue weighted by Crippen LogP contribution is 2.45. The number of halogens is 3. The Bertz CT molecular complexity index is 1190. The number of rotatable bonds is 8. The van der Waals surface area contributed by atoms with Crippen molar-refractivity contribution >= 4 is 27.5 Å². The van der Waals surface area contributed by atoms with Crippen LogP contribution in [0.15, 0.2) is 30.3 Å². The van der Waals surface area contributed by atoms with Crippen molar-refractivity contribution in [2.75, 3.05) is 26.0 Å². The molecule has 1 saturated heterocycles. The number of sulfonamides is 1. The summed E-state index contributed by atoms with van der Waals surface area (Å²) in [6.45, 7) is 4.09. The molecule has 1 saturated carbocycles. The second kappa shape index (κ2) is 10.4. The minimum Gasteiger partial charge on any atom is -0.493 e. The summed E-state index contributed by atoms with van der Waals surface area (Å²) in [5, 5.41) is 0.383. The van der Waals surface area contributed by atoms with Gasteiger partial charge in [0.25, 0.3) is 5.91 Å². The fourth-order valence-corrected chi connectivity index (χ4v) is 5.23. The summed E-state index contributed by atoms with van der Waals surface area (Å²) in [5.41, 5.74) is 1.28. The third kappa shape index (κ3) is 6.71. The Morgan fingerprint density at radius 3 is 2.43 bits per heavy atom. The summed E-state index contributed by atoms with van der Waals surface area (Å²) in [7, 11) is -3.80. The van der Waals surface area contributed by atoms with Crippen LogP contribution in [0.25, 0.3) is 0 Å². The maximum absolute atomic E-state index is 14.7. The Balaban J connectivity index is 1.38. The molecule has 1 aliphatic carbocycles. The highest BCUT2D eigenvalue weighted by Gasteiger charge is 2.31. The molecular formula is C25H29ClF2N2O4S. The predicted molar refractivity (Wildman–Crippen MR) is 130 cm³/mol. The molecule has 0 bridgehead atoms. The van der Waals surface area contributed by atoms with E-state index in [-0.39, 0.29) is 29.3 Å². The molecule has 190 valence electrons. The van der Waals surface area contributed by atoms with Gasteiger partial charge in [-0.25, -0.2) is 21.9 Å². The molecular weight excluding hydrogens is 498 g/mol. The number of benzene rings is 2. The first-order valence-electron chi connectivity index (χ1n) is 11.7. The zero-order valence-corrected chi connectivity index (χ0v) is 21.3. The van der Waals surface area contributed by atoms with E-state index >= 15 is 0 Å². The van der Waals surface area contributed by atoms with Gasteiger partial charge >= 0.3 is 0 Å². The van der Waals surface area contributed by atoms with Gasteiger partial charge < -0.3 is 4.74 Å². The largest absolute Gasteiger partial charge is 0.493 e. The molecule has 2 fully saturated rings. The van der Waals surface area contributed by atoms with Crippen LogP contribution in [0.3, 0.4) is 0 Å². The SMILES string of the molecule is C[C@@H](c1cc(F)cc(Cl)c1)N1CCC(COc2cc(F)c(C(=O)NS(C)(=O)=O)cc2C2CC2)CC1. The van der Waals surface area contributed by atoms with Crippen LogP contribution in [-0.2, 0) is 10.0 Å². The lowest BCUT2D eigenvalue weighted by atomic mass is 9.95. The number of likely N-dealkylation sites (tertiary alicyclic amines) is 1. The van der Waals surface area contributed by atoms with Gasteiger partial charge in [-0.1, -0.05) is 11.6 Å². The van der Waals surface area contributed by atoms with Gasteiger partial charge in [-0.05, 0) is 92.9 Å². The van der Waals surface area contributed by atoms with E-state index in [4.69, 9.17) is 16.3 Å². The number of nitrogens with zero attached hydrogens (tertiary/aromatic N) is 1. The fraction of sp³-hybridized carbons (Fsp3) is 0.480. The number of piperidine rings is 1. The third-order valence-electron chi connectivity index (χ3n) is 6.68. The van der Waals surface area contributed by atoms with Gasteiger partial charge in [-0.2, -0.15) is 0 Å². The van der Waals surface area contributed by atoms with Crippen molar-refractivity contribution in [1.82, 2.24) is 9.62 Å². The molecule has 0 radical (unpaired) electrons. The van der Waals surface area contributed by atoms with Crippen molar-refractivity contribution in [2.24, 2.45) is 5.92 Å². The molecule has 0 aromatic heterocycles. The molecule has 0 unspecified atom stereocenters. The Morgan fingerprint density at radius 2 is 1.83 bits per heavy atom. The second-order valence-electron chi connectivity index (χ2n) is 9.52. The summed E-state index contributed by atoms with van der Waals surface area (Å²) in [6, 6.07) is 7.24. The van der Waals surface area contributed by atoms with Crippen molar-refractivity contribution in [2.45, 2.75) is 44.6 Å². The second-order valence-corrected chi connectivity index (χ2v) is 11.7. The van der Waals surface area contributed by atoms with E-state index in [0.29, 0.717) is 17.4 Å². The molecule has 1 N–H and O–H groups in total. The van der Waals surface area contributed by atoms with Crippen LogP contribution < -0.4 is 9.46 Å². The van der Waals surface area contributed by atoms with Crippen molar-refractivity contribution in [1.29, 1.82) is 0 Å². The normalized spacial score (nSPS) is 18.3. The minimum atomic E-state index is -3.80. The van der Waals surface area contributed by atoms with Gasteiger partial charge in [0.15, 0.2) is 0 Å². The van der Waals surface area contributed by atoms with Gasteiger partial charge in [0.1, 0.15) is 17.4 Å². The number of ether oxygens (including phenoxy) is 1. The number of hydrogen-bond acceptors (Lipinski definition) is 5. The topological polar surface area (TPSA) is 75.7 Å². The lowest BCUT2D eigenvalue weighted by molar-refractivity contribution is 0.0977. The van der Waals surface area contributed by atoms with Crippen molar-refractivity contribution < 1.29 is 26.7 Å². The number of amides is 1. The zero-order chi connectivity index (χ0) is 25.3. The summed E-state index contributed by atoms with van der Waals surface area (Å²) in [6.07, 6.45) is 4.43. The maximum atomic E-state index is 14.7. The molecule has 1 heterocycles. The monoisotopic (exact) mass is 526 g/mol. The summed E-state index contributed by atoms with van der Waals surface area (Å²) in [5.74, 6) is -1.29. The van der Waals surface area contributed by atoms with Gasteiger partial charge in [-0.3, -0.25) is 9.69 Å². The van der Waals surface area contributed by atoms with Gasteiger partial charge in [-0.15, -0.1) is 0 Å². The quantitative estimate of drug-likeness (QED) is 0.522. The molecule has 1 amide bonds. The number of hydrogen-bond donors (Lipinski definition) is 1. The van der Waals surface area contributed by atoms with Crippen LogP contribution in [0.5, 0.6) is 5.75 Å². The lowest BCUT2D eigenvalue weighted by Gasteiger charge is -2.36. The van der Waals surface area contributed by atoms with Gasteiger partial charge in [0.05, 0.1) is 18.4 Å². The first kappa shape index (κ1) is 25.9. The van der Waals surface area contributed by atoms with Crippen LogP contribution in [0.2, 0.25) is 5.02 Å². The van der Waals surface area contributed by atoms with Gasteiger partial charge in [0, 0.05) is 17.1 Å². The molecule has 6 nitrogen and oxygen atoms in total. The van der Waals surface area contributed by atoms with Gasteiger partial charge in [0.2, 0.25) is 10.0 Å². The standard InChI is InChI=1S/C25H29ClF2N2O4S/c1-15(18-9-19(26)11-20(27)10-18)30-7-5-16(6-8-30)14-34-24-13-23(28)22(12-21(24)17-3-4-17)25(31)29-35(2,32)33/h9-13,15-17H,3-8,14H2,1-2H3,(H,29,31)/t15-/m0/s1. The molecule has 0 spiro atoms. The average molecular weight is 527 g/mol. The number of carbonyl (C=O) groups excluding carboxylic acids is 1. The van der Waals surface area contributed by atoms with Crippen molar-refractivity contribution in [3.63, 3.8) is 0 Å². The lowest BCUT2D eigenvalue weighted by Crippen LogP contribution is -2.37. The Labute approximate surface area is 209 Å². The molecule has 35 heavy (non-hydrogen) atoms. The Kier molecular flexibility index (Phi) is 7.68. The van der Waals surface area contributed by atoms with Crippen molar-refractivity contribution in [3.8, 4) is 5.75 Å². The van der Waals surface area contributed by atoms with E-state index in [9.17, 15) is 22.0 Å². The number of nitrogens with one attached hydrogen (secondary N) is 1. The maximum Gasteiger partial charge on any atom is 0.267 e. The summed E-state index contributed by atoms with van der Waals surface area (Å²) >= 11 is 6.01. The Hall–Kier alpha value is -2.23. The minimum absolute atomic E-state index is 0.0336. The van der Waals surface area contributed by atoms with E-state index in [1.54, 1.807) is 6.07 Å². The van der Waals surface area contributed by atoms with E-state index in [1.165, 1.54) is 24.3 Å². The first-order valence-corrected chi connectivity index (χ1v) is 14.0. The number of carbonyl (C=O) groups is 1. The molecule has 4 rings (SSSR count).